The Morgan fingerprint density at radius 2 is 2.00 bits per heavy atom. The van der Waals surface area contributed by atoms with Gasteiger partial charge in [0, 0.05) is 12.6 Å². The number of hydrogen-bond acceptors (Lipinski definition) is 7. The van der Waals surface area contributed by atoms with Gasteiger partial charge in [0.2, 0.25) is 0 Å². The van der Waals surface area contributed by atoms with Crippen LogP contribution in [0.4, 0.5) is 4.39 Å². The molecule has 0 saturated heterocycles. The quantitative estimate of drug-likeness (QED) is 0.530. The summed E-state index contributed by atoms with van der Waals surface area (Å²) in [6.07, 6.45) is 0. The third-order valence-electron chi connectivity index (χ3n) is 4.13. The standard InChI is InChI=1S/C19H14FN5O3S/c1-10-16(19(26)27)29-18(21-10)11-7-8-14(28-15-6-4-3-5-13(15)20)12(9-11)17-22-23-24-25(17)2/h3-9H,1-2H3,(H,26,27). The minimum atomic E-state index is -1.02. The van der Waals surface area contributed by atoms with Gasteiger partial charge in [-0.1, -0.05) is 12.1 Å². The number of carbonyl (C=O) groups is 1. The van der Waals surface area contributed by atoms with Crippen molar-refractivity contribution in [1.82, 2.24) is 25.2 Å². The Hall–Kier alpha value is -3.66. The molecule has 0 unspecified atom stereocenters. The molecule has 0 aliphatic carbocycles. The van der Waals surface area contributed by atoms with E-state index in [4.69, 9.17) is 4.74 Å². The number of aromatic carboxylic acids is 1. The third-order valence-corrected chi connectivity index (χ3v) is 5.33. The number of rotatable bonds is 5. The number of carboxylic acid groups (broad SMARTS) is 1. The second kappa shape index (κ2) is 7.40. The molecule has 0 fully saturated rings. The molecule has 0 radical (unpaired) electrons. The topological polar surface area (TPSA) is 103 Å². The largest absolute Gasteiger partial charge is 0.477 e. The fourth-order valence-electron chi connectivity index (χ4n) is 2.75. The summed E-state index contributed by atoms with van der Waals surface area (Å²) in [5, 5.41) is 21.3. The Bertz CT molecular complexity index is 1220. The second-order valence-electron chi connectivity index (χ2n) is 6.11. The first kappa shape index (κ1) is 18.7. The summed E-state index contributed by atoms with van der Waals surface area (Å²) in [7, 11) is 1.67. The molecule has 0 aliphatic heterocycles. The van der Waals surface area contributed by atoms with E-state index in [1.807, 2.05) is 0 Å². The average molecular weight is 411 g/mol. The van der Waals surface area contributed by atoms with Crippen LogP contribution in [0.3, 0.4) is 0 Å². The zero-order valence-electron chi connectivity index (χ0n) is 15.3. The van der Waals surface area contributed by atoms with E-state index >= 15 is 0 Å². The number of thiazole rings is 1. The van der Waals surface area contributed by atoms with Gasteiger partial charge in [-0.3, -0.25) is 0 Å². The fraction of sp³-hybridized carbons (Fsp3) is 0.105. The lowest BCUT2D eigenvalue weighted by atomic mass is 10.1. The number of benzene rings is 2. The Balaban J connectivity index is 1.83. The van der Waals surface area contributed by atoms with Crippen LogP contribution >= 0.6 is 11.3 Å². The summed E-state index contributed by atoms with van der Waals surface area (Å²) in [5.41, 5.74) is 1.62. The Kier molecular flexibility index (Phi) is 4.77. The van der Waals surface area contributed by atoms with Crippen molar-refractivity contribution in [3.63, 3.8) is 0 Å². The van der Waals surface area contributed by atoms with Crippen LogP contribution < -0.4 is 4.74 Å². The zero-order valence-corrected chi connectivity index (χ0v) is 16.1. The summed E-state index contributed by atoms with van der Waals surface area (Å²) >= 11 is 1.07. The van der Waals surface area contributed by atoms with Crippen molar-refractivity contribution >= 4 is 17.3 Å². The third kappa shape index (κ3) is 3.57. The molecule has 2 aromatic heterocycles. The van der Waals surface area contributed by atoms with Crippen LogP contribution in [0.5, 0.6) is 11.5 Å². The molecule has 2 heterocycles. The van der Waals surface area contributed by atoms with E-state index in [-0.39, 0.29) is 10.6 Å². The molecule has 4 rings (SSSR count). The van der Waals surface area contributed by atoms with Crippen LogP contribution in [0.1, 0.15) is 15.4 Å². The lowest BCUT2D eigenvalue weighted by Crippen LogP contribution is -1.98. The number of aromatic nitrogens is 5. The number of aryl methyl sites for hydroxylation is 2. The van der Waals surface area contributed by atoms with Gasteiger partial charge >= 0.3 is 5.97 Å². The van der Waals surface area contributed by atoms with Crippen molar-refractivity contribution in [3.8, 4) is 33.5 Å². The molecule has 29 heavy (non-hydrogen) atoms. The van der Waals surface area contributed by atoms with Gasteiger partial charge in [0.05, 0.1) is 11.3 Å². The van der Waals surface area contributed by atoms with E-state index in [0.29, 0.717) is 33.4 Å². The van der Waals surface area contributed by atoms with E-state index < -0.39 is 11.8 Å². The van der Waals surface area contributed by atoms with E-state index in [2.05, 4.69) is 20.5 Å². The highest BCUT2D eigenvalue weighted by Crippen LogP contribution is 2.37. The van der Waals surface area contributed by atoms with E-state index in [0.717, 1.165) is 11.3 Å². The maximum atomic E-state index is 14.1. The maximum absolute atomic E-state index is 14.1. The van der Waals surface area contributed by atoms with Gasteiger partial charge in [-0.25, -0.2) is 18.9 Å². The number of hydrogen-bond donors (Lipinski definition) is 1. The van der Waals surface area contributed by atoms with Crippen LogP contribution in [0.2, 0.25) is 0 Å². The molecule has 2 aromatic carbocycles. The first-order valence-electron chi connectivity index (χ1n) is 8.44. The number of tetrazole rings is 1. The van der Waals surface area contributed by atoms with Gasteiger partial charge in [-0.15, -0.1) is 16.4 Å². The SMILES string of the molecule is Cc1nc(-c2ccc(Oc3ccccc3F)c(-c3nnnn3C)c2)sc1C(=O)O. The predicted octanol–water partition coefficient (Wildman–Crippen LogP) is 3.94. The highest BCUT2D eigenvalue weighted by Gasteiger charge is 2.19. The minimum absolute atomic E-state index is 0.0647. The van der Waals surface area contributed by atoms with Crippen LogP contribution in [-0.4, -0.2) is 36.3 Å². The van der Waals surface area contributed by atoms with Crippen molar-refractivity contribution in [2.24, 2.45) is 7.05 Å². The molecule has 0 saturated carbocycles. The van der Waals surface area contributed by atoms with Crippen LogP contribution in [0, 0.1) is 12.7 Å². The first-order chi connectivity index (χ1) is 13.9. The smallest absolute Gasteiger partial charge is 0.347 e. The predicted molar refractivity (Wildman–Crippen MR) is 104 cm³/mol. The molecule has 0 bridgehead atoms. The van der Waals surface area contributed by atoms with Crippen molar-refractivity contribution in [3.05, 3.63) is 58.9 Å². The van der Waals surface area contributed by atoms with Crippen molar-refractivity contribution < 1.29 is 19.0 Å². The molecule has 10 heteroatoms. The Labute approximate surface area is 168 Å². The van der Waals surface area contributed by atoms with Gasteiger partial charge in [0.1, 0.15) is 15.6 Å². The van der Waals surface area contributed by atoms with Crippen LogP contribution in [-0.2, 0) is 7.05 Å². The number of halogens is 1. The molecule has 4 aromatic rings. The van der Waals surface area contributed by atoms with Gasteiger partial charge in [-0.05, 0) is 47.7 Å². The number of para-hydroxylation sites is 1. The van der Waals surface area contributed by atoms with Crippen LogP contribution in [0.15, 0.2) is 42.5 Å². The molecule has 0 spiro atoms. The molecular formula is C19H14FN5O3S. The number of ether oxygens (including phenoxy) is 1. The molecule has 8 nitrogen and oxygen atoms in total. The van der Waals surface area contributed by atoms with Gasteiger partial charge in [0.15, 0.2) is 17.4 Å². The molecule has 1 N–H and O–H groups in total. The summed E-state index contributed by atoms with van der Waals surface area (Å²) in [6.45, 7) is 1.65. The zero-order chi connectivity index (χ0) is 20.5. The van der Waals surface area contributed by atoms with E-state index in [9.17, 15) is 14.3 Å². The number of carboxylic acids is 1. The Morgan fingerprint density at radius 3 is 2.66 bits per heavy atom. The molecule has 146 valence electrons. The fourth-order valence-corrected chi connectivity index (χ4v) is 3.65. The average Bonchev–Trinajstić information content (AvgIpc) is 3.29. The van der Waals surface area contributed by atoms with Crippen molar-refractivity contribution in [2.75, 3.05) is 0 Å². The summed E-state index contributed by atoms with van der Waals surface area (Å²) in [5.74, 6) is -0.702. The maximum Gasteiger partial charge on any atom is 0.347 e. The summed E-state index contributed by atoms with van der Waals surface area (Å²) in [6, 6.07) is 11.2. The summed E-state index contributed by atoms with van der Waals surface area (Å²) in [4.78, 5) is 15.9. The minimum Gasteiger partial charge on any atom is -0.477 e. The van der Waals surface area contributed by atoms with Gasteiger partial charge in [0.25, 0.3) is 0 Å². The highest BCUT2D eigenvalue weighted by molar-refractivity contribution is 7.17. The lowest BCUT2D eigenvalue weighted by Gasteiger charge is -2.12. The van der Waals surface area contributed by atoms with Gasteiger partial charge in [-0.2, -0.15) is 0 Å². The van der Waals surface area contributed by atoms with Gasteiger partial charge < -0.3 is 9.84 Å². The van der Waals surface area contributed by atoms with E-state index in [1.165, 1.54) is 16.8 Å². The van der Waals surface area contributed by atoms with Crippen LogP contribution in [0.25, 0.3) is 22.0 Å². The first-order valence-corrected chi connectivity index (χ1v) is 9.26. The normalized spacial score (nSPS) is 10.9. The molecule has 0 atom stereocenters. The van der Waals surface area contributed by atoms with E-state index in [1.54, 1.807) is 44.3 Å². The molecule has 0 aliphatic rings. The second-order valence-corrected chi connectivity index (χ2v) is 7.11. The monoisotopic (exact) mass is 411 g/mol. The Morgan fingerprint density at radius 1 is 1.21 bits per heavy atom. The lowest BCUT2D eigenvalue weighted by molar-refractivity contribution is 0.0701. The molecular weight excluding hydrogens is 397 g/mol. The summed E-state index contributed by atoms with van der Waals surface area (Å²) < 4.78 is 21.3. The number of nitrogens with zero attached hydrogens (tertiary/aromatic N) is 5. The van der Waals surface area contributed by atoms with Crippen molar-refractivity contribution in [1.29, 1.82) is 0 Å². The van der Waals surface area contributed by atoms with Crippen molar-refractivity contribution in [2.45, 2.75) is 6.92 Å². The molecule has 0 amide bonds. The highest BCUT2D eigenvalue weighted by atomic mass is 32.1.